The van der Waals surface area contributed by atoms with E-state index in [-0.39, 0.29) is 12.7 Å². The van der Waals surface area contributed by atoms with E-state index in [1.165, 1.54) is 25.6 Å². The molecule has 0 saturated heterocycles. The van der Waals surface area contributed by atoms with Crippen LogP contribution in [-0.2, 0) is 6.54 Å². The van der Waals surface area contributed by atoms with Gasteiger partial charge in [-0.15, -0.1) is 0 Å². The number of fused-ring (bicyclic) bond motifs is 2. The van der Waals surface area contributed by atoms with Gasteiger partial charge in [0.1, 0.15) is 0 Å². The summed E-state index contributed by atoms with van der Waals surface area (Å²) in [6.45, 7) is 2.90. The molecule has 0 fully saturated rings. The first kappa shape index (κ1) is 17.4. The molecule has 1 amide bonds. The molecule has 1 aliphatic rings. The number of ether oxygens (including phenoxy) is 4. The van der Waals surface area contributed by atoms with Crippen molar-refractivity contribution in [3.63, 3.8) is 0 Å². The number of methoxy groups -OCH3 is 2. The van der Waals surface area contributed by atoms with Crippen molar-refractivity contribution in [3.05, 3.63) is 40.7 Å². The summed E-state index contributed by atoms with van der Waals surface area (Å²) in [7, 11) is 3.03. The normalized spacial score (nSPS) is 13.2. The highest BCUT2D eigenvalue weighted by molar-refractivity contribution is 7.16. The number of hydrogen-bond donors (Lipinski definition) is 0. The second kappa shape index (κ2) is 6.96. The van der Waals surface area contributed by atoms with Crippen LogP contribution in [0.3, 0.4) is 0 Å². The quantitative estimate of drug-likeness (QED) is 0.689. The third-order valence-corrected chi connectivity index (χ3v) is 5.37. The van der Waals surface area contributed by atoms with Gasteiger partial charge in [0.15, 0.2) is 27.8 Å². The summed E-state index contributed by atoms with van der Waals surface area (Å²) < 4.78 is 24.5. The lowest BCUT2D eigenvalue weighted by Crippen LogP contribution is -2.16. The van der Waals surface area contributed by atoms with Crippen molar-refractivity contribution in [3.8, 4) is 23.0 Å². The number of rotatable bonds is 4. The van der Waals surface area contributed by atoms with Crippen LogP contribution in [0.25, 0.3) is 10.2 Å². The molecular weight excluding hydrogens is 368 g/mol. The molecule has 2 aromatic carbocycles. The second-order valence-electron chi connectivity index (χ2n) is 5.76. The van der Waals surface area contributed by atoms with Gasteiger partial charge in [-0.25, -0.2) is 0 Å². The Bertz CT molecular complexity index is 1100. The number of hydrogen-bond acceptors (Lipinski definition) is 6. The lowest BCUT2D eigenvalue weighted by Gasteiger charge is -2.09. The standard InChI is InChI=1S/C19H18N2O5S/c1-4-21-12-8-14-15(26-10-25-14)9-16(12)27-19(21)20-18(22)11-6-5-7-13(23-2)17(11)24-3/h5-9H,4,10H2,1-3H3. The smallest absolute Gasteiger partial charge is 0.283 e. The molecular formula is C19H18N2O5S. The molecule has 0 aliphatic carbocycles. The van der Waals surface area contributed by atoms with Gasteiger partial charge >= 0.3 is 0 Å². The van der Waals surface area contributed by atoms with Gasteiger partial charge < -0.3 is 23.5 Å². The molecule has 27 heavy (non-hydrogen) atoms. The molecule has 4 rings (SSSR count). The monoisotopic (exact) mass is 386 g/mol. The molecule has 0 unspecified atom stereocenters. The summed E-state index contributed by atoms with van der Waals surface area (Å²) in [5.74, 6) is 1.89. The Morgan fingerprint density at radius 1 is 1.22 bits per heavy atom. The number of benzene rings is 2. The Hall–Kier alpha value is -3.00. The molecule has 0 spiro atoms. The summed E-state index contributed by atoms with van der Waals surface area (Å²) in [6, 6.07) is 9.00. The van der Waals surface area contributed by atoms with E-state index in [4.69, 9.17) is 18.9 Å². The third-order valence-electron chi connectivity index (χ3n) is 4.32. The summed E-state index contributed by atoms with van der Waals surface area (Å²) in [5.41, 5.74) is 1.31. The zero-order chi connectivity index (χ0) is 19.0. The number of carbonyl (C=O) groups excluding carboxylic acids is 1. The van der Waals surface area contributed by atoms with E-state index in [2.05, 4.69) is 4.99 Å². The molecule has 1 aliphatic heterocycles. The lowest BCUT2D eigenvalue weighted by atomic mass is 10.2. The average Bonchev–Trinajstić information content (AvgIpc) is 3.27. The largest absolute Gasteiger partial charge is 0.493 e. The minimum Gasteiger partial charge on any atom is -0.493 e. The number of amides is 1. The molecule has 0 N–H and O–H groups in total. The molecule has 0 bridgehead atoms. The van der Waals surface area contributed by atoms with Crippen LogP contribution in [0.1, 0.15) is 17.3 Å². The summed E-state index contributed by atoms with van der Waals surface area (Å²) >= 11 is 1.43. The minimum atomic E-state index is -0.389. The first-order valence-electron chi connectivity index (χ1n) is 8.39. The van der Waals surface area contributed by atoms with Gasteiger partial charge in [-0.2, -0.15) is 4.99 Å². The molecule has 8 heteroatoms. The molecule has 0 saturated carbocycles. The van der Waals surface area contributed by atoms with Gasteiger partial charge in [0, 0.05) is 18.7 Å². The number of aryl methyl sites for hydroxylation is 1. The molecule has 140 valence electrons. The van der Waals surface area contributed by atoms with E-state index in [1.54, 1.807) is 18.2 Å². The van der Waals surface area contributed by atoms with Crippen molar-refractivity contribution in [2.24, 2.45) is 4.99 Å². The van der Waals surface area contributed by atoms with E-state index in [1.807, 2.05) is 23.6 Å². The summed E-state index contributed by atoms with van der Waals surface area (Å²) in [5, 5.41) is 0. The average molecular weight is 386 g/mol. The number of para-hydroxylation sites is 1. The maximum atomic E-state index is 12.8. The van der Waals surface area contributed by atoms with Crippen molar-refractivity contribution in [2.45, 2.75) is 13.5 Å². The number of nitrogens with zero attached hydrogens (tertiary/aromatic N) is 2. The zero-order valence-electron chi connectivity index (χ0n) is 15.1. The fraction of sp³-hybridized carbons (Fsp3) is 0.263. The van der Waals surface area contributed by atoms with Crippen LogP contribution in [0.4, 0.5) is 0 Å². The first-order valence-corrected chi connectivity index (χ1v) is 9.21. The third kappa shape index (κ3) is 2.91. The van der Waals surface area contributed by atoms with Crippen LogP contribution in [0, 0.1) is 0 Å². The summed E-state index contributed by atoms with van der Waals surface area (Å²) in [6.07, 6.45) is 0. The Balaban J connectivity index is 1.85. The Kier molecular flexibility index (Phi) is 4.49. The Morgan fingerprint density at radius 3 is 2.70 bits per heavy atom. The lowest BCUT2D eigenvalue weighted by molar-refractivity contribution is 0.0994. The highest BCUT2D eigenvalue weighted by Gasteiger charge is 2.19. The molecule has 3 aromatic rings. The highest BCUT2D eigenvalue weighted by atomic mass is 32.1. The van der Waals surface area contributed by atoms with Crippen LogP contribution in [-0.4, -0.2) is 31.5 Å². The van der Waals surface area contributed by atoms with Gasteiger partial charge in [-0.05, 0) is 19.1 Å². The van der Waals surface area contributed by atoms with Gasteiger partial charge in [0.2, 0.25) is 6.79 Å². The van der Waals surface area contributed by atoms with Crippen molar-refractivity contribution in [1.82, 2.24) is 4.57 Å². The van der Waals surface area contributed by atoms with Crippen molar-refractivity contribution in [1.29, 1.82) is 0 Å². The SMILES string of the molecule is CCn1c(=NC(=O)c2cccc(OC)c2OC)sc2cc3c(cc21)OCO3. The predicted octanol–water partition coefficient (Wildman–Crippen LogP) is 3.21. The van der Waals surface area contributed by atoms with E-state index < -0.39 is 0 Å². The fourth-order valence-corrected chi connectivity index (χ4v) is 4.16. The van der Waals surface area contributed by atoms with Crippen LogP contribution in [0.15, 0.2) is 35.3 Å². The van der Waals surface area contributed by atoms with Gasteiger partial charge in [-0.3, -0.25) is 4.79 Å². The molecule has 7 nitrogen and oxygen atoms in total. The van der Waals surface area contributed by atoms with Gasteiger partial charge in [0.25, 0.3) is 5.91 Å². The highest BCUT2D eigenvalue weighted by Crippen LogP contribution is 2.37. The topological polar surface area (TPSA) is 71.3 Å². The van der Waals surface area contributed by atoms with Crippen LogP contribution in [0.5, 0.6) is 23.0 Å². The maximum Gasteiger partial charge on any atom is 0.283 e. The van der Waals surface area contributed by atoms with E-state index in [9.17, 15) is 4.79 Å². The van der Waals surface area contributed by atoms with Gasteiger partial charge in [0.05, 0.1) is 30.0 Å². The molecule has 0 radical (unpaired) electrons. The number of thiazole rings is 1. The Labute approximate surface area is 159 Å². The van der Waals surface area contributed by atoms with E-state index in [0.717, 1.165) is 10.2 Å². The number of carbonyl (C=O) groups is 1. The van der Waals surface area contributed by atoms with Crippen molar-refractivity contribution < 1.29 is 23.7 Å². The molecule has 0 atom stereocenters. The van der Waals surface area contributed by atoms with Crippen molar-refractivity contribution >= 4 is 27.5 Å². The van der Waals surface area contributed by atoms with Crippen molar-refractivity contribution in [2.75, 3.05) is 21.0 Å². The minimum absolute atomic E-state index is 0.226. The molecule has 1 aromatic heterocycles. The summed E-state index contributed by atoms with van der Waals surface area (Å²) in [4.78, 5) is 17.8. The van der Waals surface area contributed by atoms with E-state index >= 15 is 0 Å². The maximum absolute atomic E-state index is 12.8. The second-order valence-corrected chi connectivity index (χ2v) is 6.77. The van der Waals surface area contributed by atoms with E-state index in [0.29, 0.717) is 39.9 Å². The zero-order valence-corrected chi connectivity index (χ0v) is 16.0. The van der Waals surface area contributed by atoms with Crippen LogP contribution < -0.4 is 23.7 Å². The predicted molar refractivity (Wildman–Crippen MR) is 101 cm³/mol. The first-order chi connectivity index (χ1) is 13.2. The molecule has 2 heterocycles. The van der Waals surface area contributed by atoms with Gasteiger partial charge in [-0.1, -0.05) is 17.4 Å². The fourth-order valence-electron chi connectivity index (χ4n) is 3.05. The van der Waals surface area contributed by atoms with Crippen LogP contribution >= 0.6 is 11.3 Å². The Morgan fingerprint density at radius 2 is 2.00 bits per heavy atom. The van der Waals surface area contributed by atoms with Crippen LogP contribution in [0.2, 0.25) is 0 Å². The number of aromatic nitrogens is 1.